The molecule has 1 atom stereocenters. The number of carbonyl (C=O) groups is 1. The molecule has 0 aliphatic carbocycles. The maximum atomic E-state index is 14.2. The molecule has 78 heavy (non-hydrogen) atoms. The van der Waals surface area contributed by atoms with Crippen LogP contribution in [-0.2, 0) is 60.3 Å². The molecule has 0 aliphatic heterocycles. The fourth-order valence-corrected chi connectivity index (χ4v) is 9.80. The zero-order valence-electron chi connectivity index (χ0n) is 38.5. The molecule has 0 heterocycles. The fourth-order valence-electron chi connectivity index (χ4n) is 8.44. The Morgan fingerprint density at radius 2 is 0.590 bits per heavy atom. The maximum Gasteiger partial charge on any atom is 0.416 e. The summed E-state index contributed by atoms with van der Waals surface area (Å²) in [5.74, 6) is 0.789. The number of halogens is 24. The number of Topliss-reactive ketones (excluding diaryl/α,β-unsaturated/α-hetero) is 1. The molecule has 0 bridgehead atoms. The summed E-state index contributed by atoms with van der Waals surface area (Å²) in [6.45, 7) is 0. The van der Waals surface area contributed by atoms with Crippen LogP contribution in [0.15, 0.2) is 150 Å². The van der Waals surface area contributed by atoms with Crippen LogP contribution in [0.4, 0.5) is 105 Å². The van der Waals surface area contributed by atoms with Crippen molar-refractivity contribution in [2.75, 3.05) is 12.0 Å². The van der Waals surface area contributed by atoms with E-state index in [1.807, 2.05) is 36.4 Å². The van der Waals surface area contributed by atoms with Gasteiger partial charge in [0, 0.05) is 22.5 Å². The fraction of sp³-hybridized carbons (Fsp3) is 0.196. The topological polar surface area (TPSA) is 17.1 Å². The van der Waals surface area contributed by atoms with Crippen molar-refractivity contribution in [3.63, 3.8) is 0 Å². The molecule has 0 saturated heterocycles. The first-order valence-electron chi connectivity index (χ1n) is 21.6. The highest BCUT2D eigenvalue weighted by molar-refractivity contribution is 7.97. The first-order valence-corrected chi connectivity index (χ1v) is 23.4. The Kier molecular flexibility index (Phi) is 16.4. The number of fused-ring (bicyclic) bond motifs is 1. The molecule has 7 rings (SSSR count). The van der Waals surface area contributed by atoms with Crippen molar-refractivity contribution in [2.24, 2.45) is 0 Å². The third-order valence-corrected chi connectivity index (χ3v) is 13.8. The van der Waals surface area contributed by atoms with E-state index >= 15 is 0 Å². The molecule has 27 heteroatoms. The molecule has 1 nitrogen and oxygen atoms in total. The van der Waals surface area contributed by atoms with Gasteiger partial charge in [0.1, 0.15) is 12.4 Å². The second kappa shape index (κ2) is 21.1. The summed E-state index contributed by atoms with van der Waals surface area (Å²) in [6.07, 6.45) is -52.7. The summed E-state index contributed by atoms with van der Waals surface area (Å²) in [7, 11) is -0.0696. The van der Waals surface area contributed by atoms with Crippen LogP contribution in [0, 0.1) is 0 Å². The summed E-state index contributed by atoms with van der Waals surface area (Å²) >= 11 is 0. The standard InChI is InChI=1S/C32H12BF24.C19H17OS/c34-25(35,36)13-1-14(26(37,38)39)6-21(5-13)33(22-7-15(27(40,41)42)2-16(8-22)28(43,44)45,23-9-17(29(46,47)48)3-18(10-23)30(49,50)51)24-11-19(31(52,53)54)4-20(12-24)32(55,56)57;1-21(14-19(20)16-8-3-2-4-9-16)18-12-11-15-7-5-6-10-17(15)13-18/h1-12H;2-13H,14H2,1H3/q-1;+1. The van der Waals surface area contributed by atoms with E-state index in [2.05, 4.69) is 42.7 Å². The molecule has 0 amide bonds. The average molecular weight is 1160 g/mol. The van der Waals surface area contributed by atoms with E-state index in [0.29, 0.717) is 5.75 Å². The Labute approximate surface area is 426 Å². The summed E-state index contributed by atoms with van der Waals surface area (Å²) in [5, 5.41) is 2.48. The number of rotatable bonds is 8. The van der Waals surface area contributed by atoms with Gasteiger partial charge in [-0.2, -0.15) is 127 Å². The molecule has 0 radical (unpaired) electrons. The Morgan fingerprint density at radius 3 is 0.859 bits per heavy atom. The van der Waals surface area contributed by atoms with Crippen molar-refractivity contribution in [1.82, 2.24) is 0 Å². The lowest BCUT2D eigenvalue weighted by atomic mass is 9.12. The molecule has 1 unspecified atom stereocenters. The highest BCUT2D eigenvalue weighted by Gasteiger charge is 2.47. The van der Waals surface area contributed by atoms with Gasteiger partial charge in [0.15, 0.2) is 10.6 Å². The number of benzene rings is 7. The molecule has 0 saturated carbocycles. The number of hydrogen-bond donors (Lipinski definition) is 0. The molecule has 0 aromatic heterocycles. The lowest BCUT2D eigenvalue weighted by Gasteiger charge is -2.46. The minimum Gasteiger partial charge on any atom is -0.289 e. The molecule has 7 aromatic carbocycles. The van der Waals surface area contributed by atoms with Gasteiger partial charge >= 0.3 is 49.4 Å². The molecule has 7 aromatic rings. The van der Waals surface area contributed by atoms with Crippen LogP contribution in [0.5, 0.6) is 0 Å². The van der Waals surface area contributed by atoms with Crippen molar-refractivity contribution in [1.29, 1.82) is 0 Å². The largest absolute Gasteiger partial charge is 0.416 e. The van der Waals surface area contributed by atoms with Gasteiger partial charge in [0.05, 0.1) is 44.5 Å². The van der Waals surface area contributed by atoms with Gasteiger partial charge in [-0.3, -0.25) is 4.79 Å². The minimum atomic E-state index is -6.13. The van der Waals surface area contributed by atoms with Gasteiger partial charge in [-0.1, -0.05) is 103 Å². The zero-order chi connectivity index (χ0) is 58.6. The number of alkyl halides is 24. The first-order chi connectivity index (χ1) is 35.5. The van der Waals surface area contributed by atoms with Crippen LogP contribution in [0.3, 0.4) is 0 Å². The highest BCUT2D eigenvalue weighted by Crippen LogP contribution is 2.41. The second-order valence-electron chi connectivity index (χ2n) is 17.3. The van der Waals surface area contributed by atoms with Crippen LogP contribution in [0.25, 0.3) is 10.8 Å². The van der Waals surface area contributed by atoms with Gasteiger partial charge in [0.25, 0.3) is 0 Å². The molecular weight excluding hydrogens is 1130 g/mol. The first kappa shape index (κ1) is 60.4. The summed E-state index contributed by atoms with van der Waals surface area (Å²) in [5.41, 5.74) is -29.4. The molecule has 416 valence electrons. The van der Waals surface area contributed by atoms with E-state index in [9.17, 15) is 110 Å². The predicted octanol–water partition coefficient (Wildman–Crippen LogP) is 15.5. The van der Waals surface area contributed by atoms with Gasteiger partial charge in [-0.05, 0) is 47.2 Å². The Hall–Kier alpha value is -6.80. The van der Waals surface area contributed by atoms with Crippen LogP contribution in [-0.4, -0.2) is 23.9 Å². The molecule has 0 aliphatic rings. The zero-order valence-corrected chi connectivity index (χ0v) is 39.3. The van der Waals surface area contributed by atoms with Gasteiger partial charge in [0.2, 0.25) is 5.78 Å². The van der Waals surface area contributed by atoms with E-state index in [1.165, 1.54) is 15.7 Å². The van der Waals surface area contributed by atoms with Crippen LogP contribution < -0.4 is 21.9 Å². The molecule has 0 spiro atoms. The van der Waals surface area contributed by atoms with Gasteiger partial charge < -0.3 is 0 Å². The van der Waals surface area contributed by atoms with Crippen molar-refractivity contribution < 1.29 is 110 Å². The molecular formula is C51H29BF24OS. The monoisotopic (exact) mass is 1160 g/mol. The van der Waals surface area contributed by atoms with Crippen molar-refractivity contribution in [3.05, 3.63) is 196 Å². The Bertz CT molecular complexity index is 2870. The number of ketones is 1. The Morgan fingerprint density at radius 1 is 0.333 bits per heavy atom. The average Bonchev–Trinajstić information content (AvgIpc) is 3.32. The Balaban J connectivity index is 0.000000387. The lowest BCUT2D eigenvalue weighted by molar-refractivity contribution is -0.144. The highest BCUT2D eigenvalue weighted by atomic mass is 32.2. The smallest absolute Gasteiger partial charge is 0.289 e. The van der Waals surface area contributed by atoms with E-state index in [1.54, 1.807) is 0 Å². The number of carbonyl (C=O) groups excluding carboxylic acids is 1. The third-order valence-electron chi connectivity index (χ3n) is 12.0. The van der Waals surface area contributed by atoms with Crippen LogP contribution in [0.1, 0.15) is 54.9 Å². The van der Waals surface area contributed by atoms with Crippen LogP contribution >= 0.6 is 0 Å². The molecule has 0 fully saturated rings. The quantitative estimate of drug-likeness (QED) is 0.0641. The summed E-state index contributed by atoms with van der Waals surface area (Å²) in [6, 6.07) is 15.6. The van der Waals surface area contributed by atoms with Crippen molar-refractivity contribution >= 4 is 55.4 Å². The number of hydrogen-bond acceptors (Lipinski definition) is 1. The SMILES string of the molecule is C[S+](CC(=O)c1ccccc1)c1ccc2ccccc2c1.FC(F)(F)c1cc([B-](c2cc(C(F)(F)F)cc(C(F)(F)F)c2)(c2cc(C(F)(F)F)cc(C(F)(F)F)c2)c2cc(C(F)(F)F)cc(C(F)(F)F)c2)cc(C(F)(F)F)c1. The predicted molar refractivity (Wildman–Crippen MR) is 241 cm³/mol. The second-order valence-corrected chi connectivity index (χ2v) is 19.3. The summed E-state index contributed by atoms with van der Waals surface area (Å²) in [4.78, 5) is 13.5. The van der Waals surface area contributed by atoms with E-state index in [4.69, 9.17) is 0 Å². The lowest BCUT2D eigenvalue weighted by Crippen LogP contribution is -2.75. The third kappa shape index (κ3) is 13.7. The summed E-state index contributed by atoms with van der Waals surface area (Å²) < 4.78 is 341. The van der Waals surface area contributed by atoms with Crippen molar-refractivity contribution in [3.8, 4) is 0 Å². The normalized spacial score (nSPS) is 13.8. The van der Waals surface area contributed by atoms with Gasteiger partial charge in [-0.25, -0.2) is 0 Å². The van der Waals surface area contributed by atoms with E-state index in [-0.39, 0.29) is 16.7 Å². The van der Waals surface area contributed by atoms with E-state index in [0.717, 1.165) is 5.56 Å². The maximum absolute atomic E-state index is 14.2. The van der Waals surface area contributed by atoms with E-state index < -0.39 is 195 Å². The van der Waals surface area contributed by atoms with Gasteiger partial charge in [-0.15, -0.1) is 0 Å². The van der Waals surface area contributed by atoms with Crippen molar-refractivity contribution in [2.45, 2.75) is 54.3 Å². The minimum absolute atomic E-state index is 0.0696. The van der Waals surface area contributed by atoms with Crippen LogP contribution in [0.2, 0.25) is 0 Å². The molecule has 0 N–H and O–H groups in total.